The first-order chi connectivity index (χ1) is 7.84. The van der Waals surface area contributed by atoms with Gasteiger partial charge in [0.15, 0.2) is 0 Å². The van der Waals surface area contributed by atoms with Crippen LogP contribution >= 0.6 is 0 Å². The standard InChI is InChI=1S/C11H11NO4S/c1-7-3-4-9-10(5-7)17(15,16)12(11(9)14)6-8(2)13/h3-5H,6H2,1-2H3. The summed E-state index contributed by atoms with van der Waals surface area (Å²) in [5.74, 6) is -0.998. The van der Waals surface area contributed by atoms with Gasteiger partial charge in [0.2, 0.25) is 0 Å². The van der Waals surface area contributed by atoms with Crippen molar-refractivity contribution in [3.8, 4) is 0 Å². The molecule has 1 aliphatic heterocycles. The number of rotatable bonds is 2. The number of carbonyl (C=O) groups is 2. The number of Topliss-reactive ketones (excluding diaryl/α,β-unsaturated/α-hetero) is 1. The van der Waals surface area contributed by atoms with E-state index in [9.17, 15) is 18.0 Å². The molecule has 0 fully saturated rings. The SMILES string of the molecule is CC(=O)CN1C(=O)c2ccc(C)cc2S1(=O)=O. The molecule has 0 unspecified atom stereocenters. The molecule has 0 bridgehead atoms. The van der Waals surface area contributed by atoms with Gasteiger partial charge in [-0.1, -0.05) is 6.07 Å². The number of amides is 1. The molecule has 2 rings (SSSR count). The summed E-state index contributed by atoms with van der Waals surface area (Å²) in [6, 6.07) is 4.59. The van der Waals surface area contributed by atoms with Gasteiger partial charge in [0.05, 0.1) is 12.1 Å². The van der Waals surface area contributed by atoms with Gasteiger partial charge in [0.1, 0.15) is 10.7 Å². The van der Waals surface area contributed by atoms with Gasteiger partial charge >= 0.3 is 0 Å². The van der Waals surface area contributed by atoms with E-state index in [1.165, 1.54) is 19.1 Å². The maximum atomic E-state index is 12.0. The van der Waals surface area contributed by atoms with Gasteiger partial charge in [-0.15, -0.1) is 0 Å². The highest BCUT2D eigenvalue weighted by Crippen LogP contribution is 2.30. The Morgan fingerprint density at radius 2 is 2.00 bits per heavy atom. The molecule has 0 aromatic heterocycles. The van der Waals surface area contributed by atoms with Crippen LogP contribution in [-0.4, -0.2) is 31.0 Å². The second-order valence-corrected chi connectivity index (χ2v) is 5.85. The summed E-state index contributed by atoms with van der Waals surface area (Å²) in [6.07, 6.45) is 0. The summed E-state index contributed by atoms with van der Waals surface area (Å²) in [6.45, 7) is 2.58. The van der Waals surface area contributed by atoms with Crippen molar-refractivity contribution in [3.05, 3.63) is 29.3 Å². The highest BCUT2D eigenvalue weighted by atomic mass is 32.2. The quantitative estimate of drug-likeness (QED) is 0.779. The van der Waals surface area contributed by atoms with Gasteiger partial charge in [0, 0.05) is 0 Å². The number of fused-ring (bicyclic) bond motifs is 1. The average Bonchev–Trinajstić information content (AvgIpc) is 2.40. The fraction of sp³-hybridized carbons (Fsp3) is 0.273. The van der Waals surface area contributed by atoms with Crippen molar-refractivity contribution < 1.29 is 18.0 Å². The Kier molecular flexibility index (Phi) is 2.54. The third kappa shape index (κ3) is 1.74. The lowest BCUT2D eigenvalue weighted by Crippen LogP contribution is -2.34. The molecule has 0 N–H and O–H groups in total. The molecule has 1 aromatic rings. The molecule has 0 saturated carbocycles. The minimum absolute atomic E-state index is 0.0104. The highest BCUT2D eigenvalue weighted by molar-refractivity contribution is 7.90. The monoisotopic (exact) mass is 253 g/mol. The van der Waals surface area contributed by atoms with Crippen molar-refractivity contribution in [2.24, 2.45) is 0 Å². The fourth-order valence-corrected chi connectivity index (χ4v) is 3.41. The molecular weight excluding hydrogens is 242 g/mol. The predicted octanol–water partition coefficient (Wildman–Crippen LogP) is 0.729. The van der Waals surface area contributed by atoms with Gasteiger partial charge in [-0.2, -0.15) is 0 Å². The third-order valence-electron chi connectivity index (χ3n) is 2.53. The van der Waals surface area contributed by atoms with E-state index < -0.39 is 22.5 Å². The Hall–Kier alpha value is -1.69. The minimum atomic E-state index is -3.85. The smallest absolute Gasteiger partial charge is 0.269 e. The Morgan fingerprint density at radius 1 is 1.35 bits per heavy atom. The fourth-order valence-electron chi connectivity index (χ4n) is 1.74. The zero-order valence-electron chi connectivity index (χ0n) is 9.43. The molecule has 17 heavy (non-hydrogen) atoms. The second-order valence-electron chi connectivity index (χ2n) is 4.02. The van der Waals surface area contributed by atoms with Crippen molar-refractivity contribution in [2.45, 2.75) is 18.7 Å². The molecule has 5 nitrogen and oxygen atoms in total. The van der Waals surface area contributed by atoms with Crippen LogP contribution in [0.4, 0.5) is 0 Å². The zero-order valence-corrected chi connectivity index (χ0v) is 10.2. The van der Waals surface area contributed by atoms with E-state index in [4.69, 9.17) is 0 Å². The van der Waals surface area contributed by atoms with E-state index in [-0.39, 0.29) is 16.2 Å². The molecule has 0 radical (unpaired) electrons. The van der Waals surface area contributed by atoms with E-state index in [0.717, 1.165) is 5.56 Å². The van der Waals surface area contributed by atoms with Crippen LogP contribution in [0.25, 0.3) is 0 Å². The van der Waals surface area contributed by atoms with Crippen molar-refractivity contribution in [1.82, 2.24) is 4.31 Å². The van der Waals surface area contributed by atoms with Crippen molar-refractivity contribution in [2.75, 3.05) is 6.54 Å². The molecule has 90 valence electrons. The van der Waals surface area contributed by atoms with E-state index >= 15 is 0 Å². The number of hydrogen-bond acceptors (Lipinski definition) is 4. The normalized spacial score (nSPS) is 17.1. The van der Waals surface area contributed by atoms with E-state index in [1.807, 2.05) is 0 Å². The number of benzene rings is 1. The van der Waals surface area contributed by atoms with Crippen LogP contribution < -0.4 is 0 Å². The predicted molar refractivity (Wildman–Crippen MR) is 60.1 cm³/mol. The third-order valence-corrected chi connectivity index (χ3v) is 4.30. The first-order valence-electron chi connectivity index (χ1n) is 5.01. The maximum Gasteiger partial charge on any atom is 0.269 e. The highest BCUT2D eigenvalue weighted by Gasteiger charge is 2.41. The largest absolute Gasteiger partial charge is 0.298 e. The Bertz CT molecular complexity index is 618. The van der Waals surface area contributed by atoms with Crippen LogP contribution in [-0.2, 0) is 14.8 Å². The van der Waals surface area contributed by atoms with Crippen LogP contribution in [0.1, 0.15) is 22.8 Å². The molecular formula is C11H11NO4S. The molecule has 0 spiro atoms. The van der Waals surface area contributed by atoms with Gasteiger partial charge in [-0.3, -0.25) is 9.59 Å². The maximum absolute atomic E-state index is 12.0. The van der Waals surface area contributed by atoms with Crippen molar-refractivity contribution in [1.29, 1.82) is 0 Å². The number of sulfonamides is 1. The molecule has 1 amide bonds. The number of carbonyl (C=O) groups excluding carboxylic acids is 2. The van der Waals surface area contributed by atoms with Crippen molar-refractivity contribution >= 4 is 21.7 Å². The molecule has 1 heterocycles. The molecule has 6 heteroatoms. The van der Waals surface area contributed by atoms with Gasteiger partial charge in [-0.05, 0) is 31.5 Å². The zero-order chi connectivity index (χ0) is 12.8. The number of nitrogens with zero attached hydrogens (tertiary/aromatic N) is 1. The van der Waals surface area contributed by atoms with Crippen LogP contribution in [0.5, 0.6) is 0 Å². The average molecular weight is 253 g/mol. The first kappa shape index (κ1) is 11.8. The Morgan fingerprint density at radius 3 is 2.59 bits per heavy atom. The summed E-state index contributed by atoms with van der Waals surface area (Å²) in [5.41, 5.74) is 0.890. The molecule has 0 saturated heterocycles. The van der Waals surface area contributed by atoms with Crippen molar-refractivity contribution in [3.63, 3.8) is 0 Å². The topological polar surface area (TPSA) is 71.5 Å². The summed E-state index contributed by atoms with van der Waals surface area (Å²) >= 11 is 0. The molecule has 0 atom stereocenters. The summed E-state index contributed by atoms with van der Waals surface area (Å²) in [4.78, 5) is 22.8. The van der Waals surface area contributed by atoms with E-state index in [2.05, 4.69) is 0 Å². The van der Waals surface area contributed by atoms with E-state index in [0.29, 0.717) is 4.31 Å². The second kappa shape index (κ2) is 3.66. The summed E-state index contributed by atoms with van der Waals surface area (Å²) in [7, 11) is -3.85. The molecule has 1 aliphatic rings. The summed E-state index contributed by atoms with van der Waals surface area (Å²) in [5, 5.41) is 0. The number of ketones is 1. The number of aryl methyl sites for hydroxylation is 1. The van der Waals surface area contributed by atoms with Gasteiger partial charge in [-0.25, -0.2) is 12.7 Å². The first-order valence-corrected chi connectivity index (χ1v) is 6.45. The van der Waals surface area contributed by atoms with Crippen LogP contribution in [0.15, 0.2) is 23.1 Å². The Labute approximate surface area is 99.1 Å². The Balaban J connectivity index is 2.61. The van der Waals surface area contributed by atoms with Crippen LogP contribution in [0, 0.1) is 6.92 Å². The summed E-state index contributed by atoms with van der Waals surface area (Å²) < 4.78 is 24.7. The van der Waals surface area contributed by atoms with Crippen LogP contribution in [0.2, 0.25) is 0 Å². The van der Waals surface area contributed by atoms with Gasteiger partial charge < -0.3 is 0 Å². The van der Waals surface area contributed by atoms with Gasteiger partial charge in [0.25, 0.3) is 15.9 Å². The lowest BCUT2D eigenvalue weighted by molar-refractivity contribution is -0.116. The molecule has 1 aromatic carbocycles. The lowest BCUT2D eigenvalue weighted by atomic mass is 10.1. The lowest BCUT2D eigenvalue weighted by Gasteiger charge is -2.12. The minimum Gasteiger partial charge on any atom is -0.298 e. The number of hydrogen-bond donors (Lipinski definition) is 0. The van der Waals surface area contributed by atoms with E-state index in [1.54, 1.807) is 13.0 Å². The van der Waals surface area contributed by atoms with Crippen LogP contribution in [0.3, 0.4) is 0 Å². The molecule has 0 aliphatic carbocycles.